The van der Waals surface area contributed by atoms with Crippen molar-refractivity contribution >= 4 is 22.9 Å². The Morgan fingerprint density at radius 3 is 2.56 bits per heavy atom. The van der Waals surface area contributed by atoms with Gasteiger partial charge in [-0.3, -0.25) is 4.90 Å². The lowest BCUT2D eigenvalue weighted by Gasteiger charge is -2.17. The predicted octanol–water partition coefficient (Wildman–Crippen LogP) is 3.50. The van der Waals surface area contributed by atoms with Gasteiger partial charge in [0.15, 0.2) is 0 Å². The van der Waals surface area contributed by atoms with Crippen molar-refractivity contribution in [3.8, 4) is 0 Å². The number of nitrogens with zero attached hydrogens (tertiary/aromatic N) is 2. The second-order valence-corrected chi connectivity index (χ2v) is 6.25. The Labute approximate surface area is 108 Å². The summed E-state index contributed by atoms with van der Waals surface area (Å²) in [6, 6.07) is 0. The predicted molar refractivity (Wildman–Crippen MR) is 72.5 cm³/mol. The molecule has 0 saturated heterocycles. The molecule has 0 aliphatic heterocycles. The highest BCUT2D eigenvalue weighted by Crippen LogP contribution is 2.24. The number of alkyl halides is 1. The Bertz CT molecular complexity index is 317. The summed E-state index contributed by atoms with van der Waals surface area (Å²) in [5, 5.41) is 3.36. The molecule has 0 aliphatic rings. The van der Waals surface area contributed by atoms with Gasteiger partial charge in [-0.25, -0.2) is 4.98 Å². The maximum absolute atomic E-state index is 5.76. The van der Waals surface area contributed by atoms with E-state index in [4.69, 9.17) is 11.6 Å². The van der Waals surface area contributed by atoms with Crippen molar-refractivity contribution in [3.05, 3.63) is 16.1 Å². The van der Waals surface area contributed by atoms with Crippen LogP contribution in [0.15, 0.2) is 5.38 Å². The minimum Gasteiger partial charge on any atom is -0.296 e. The molecule has 1 aromatic rings. The summed E-state index contributed by atoms with van der Waals surface area (Å²) >= 11 is 7.51. The first kappa shape index (κ1) is 13.9. The standard InChI is InChI=1S/C12H21ClN2S/c1-5-15(7-6-13)8-11-14-10(9-16-11)12(2,3)4/h9H,5-8H2,1-4H3. The highest BCUT2D eigenvalue weighted by Gasteiger charge is 2.17. The van der Waals surface area contributed by atoms with E-state index in [1.165, 1.54) is 10.7 Å². The van der Waals surface area contributed by atoms with Gasteiger partial charge in [-0.15, -0.1) is 22.9 Å². The SMILES string of the molecule is CCN(CCCl)Cc1nc(C(C)(C)C)cs1. The molecule has 0 N–H and O–H groups in total. The first-order valence-corrected chi connectivity index (χ1v) is 7.12. The van der Waals surface area contributed by atoms with E-state index in [2.05, 4.69) is 43.0 Å². The van der Waals surface area contributed by atoms with Crippen LogP contribution in [0.4, 0.5) is 0 Å². The van der Waals surface area contributed by atoms with E-state index in [1.807, 2.05) is 0 Å². The lowest BCUT2D eigenvalue weighted by atomic mass is 9.93. The third-order valence-corrected chi connectivity index (χ3v) is 3.53. The van der Waals surface area contributed by atoms with Crippen LogP contribution in [0.5, 0.6) is 0 Å². The van der Waals surface area contributed by atoms with E-state index in [0.717, 1.165) is 19.6 Å². The van der Waals surface area contributed by atoms with Crippen molar-refractivity contribution < 1.29 is 0 Å². The number of halogens is 1. The molecule has 0 saturated carbocycles. The van der Waals surface area contributed by atoms with Crippen LogP contribution >= 0.6 is 22.9 Å². The van der Waals surface area contributed by atoms with Gasteiger partial charge in [0.1, 0.15) is 5.01 Å². The lowest BCUT2D eigenvalue weighted by Crippen LogP contribution is -2.25. The largest absolute Gasteiger partial charge is 0.296 e. The van der Waals surface area contributed by atoms with E-state index in [0.29, 0.717) is 5.88 Å². The minimum atomic E-state index is 0.151. The van der Waals surface area contributed by atoms with Gasteiger partial charge in [-0.2, -0.15) is 0 Å². The molecule has 0 amide bonds. The molecule has 0 fully saturated rings. The van der Waals surface area contributed by atoms with Gasteiger partial charge in [0.2, 0.25) is 0 Å². The van der Waals surface area contributed by atoms with Crippen molar-refractivity contribution in [1.82, 2.24) is 9.88 Å². The van der Waals surface area contributed by atoms with Crippen LogP contribution < -0.4 is 0 Å². The van der Waals surface area contributed by atoms with Crippen LogP contribution in [-0.4, -0.2) is 28.9 Å². The van der Waals surface area contributed by atoms with Gasteiger partial charge in [-0.1, -0.05) is 27.7 Å². The minimum absolute atomic E-state index is 0.151. The average Bonchev–Trinajstić information content (AvgIpc) is 2.65. The smallest absolute Gasteiger partial charge is 0.107 e. The van der Waals surface area contributed by atoms with Gasteiger partial charge >= 0.3 is 0 Å². The molecule has 2 nitrogen and oxygen atoms in total. The summed E-state index contributed by atoms with van der Waals surface area (Å²) < 4.78 is 0. The Kier molecular flexibility index (Phi) is 5.22. The summed E-state index contributed by atoms with van der Waals surface area (Å²) in [7, 11) is 0. The molecule has 0 spiro atoms. The molecule has 0 unspecified atom stereocenters. The number of aromatic nitrogens is 1. The normalized spacial score (nSPS) is 12.4. The summed E-state index contributed by atoms with van der Waals surface area (Å²) in [5.74, 6) is 0.686. The van der Waals surface area contributed by atoms with E-state index in [-0.39, 0.29) is 5.41 Å². The Balaban J connectivity index is 2.64. The fourth-order valence-corrected chi connectivity index (χ4v) is 2.69. The van der Waals surface area contributed by atoms with E-state index in [1.54, 1.807) is 11.3 Å². The molecule has 1 aromatic heterocycles. The fraction of sp³-hybridized carbons (Fsp3) is 0.750. The van der Waals surface area contributed by atoms with Crippen LogP contribution in [0.25, 0.3) is 0 Å². The Morgan fingerprint density at radius 2 is 2.12 bits per heavy atom. The van der Waals surface area contributed by atoms with Crippen molar-refractivity contribution in [3.63, 3.8) is 0 Å². The Hall–Kier alpha value is -0.120. The second-order valence-electron chi connectivity index (χ2n) is 4.93. The lowest BCUT2D eigenvalue weighted by molar-refractivity contribution is 0.296. The monoisotopic (exact) mass is 260 g/mol. The quantitative estimate of drug-likeness (QED) is 0.754. The molecule has 16 heavy (non-hydrogen) atoms. The molecule has 0 radical (unpaired) electrons. The van der Waals surface area contributed by atoms with Crippen LogP contribution in [0.3, 0.4) is 0 Å². The zero-order valence-corrected chi connectivity index (χ0v) is 12.2. The molecule has 0 bridgehead atoms. The summed E-state index contributed by atoms with van der Waals surface area (Å²) in [5.41, 5.74) is 1.34. The Morgan fingerprint density at radius 1 is 1.44 bits per heavy atom. The number of thiazole rings is 1. The van der Waals surface area contributed by atoms with Gasteiger partial charge in [-0.05, 0) is 6.54 Å². The molecular formula is C12H21ClN2S. The number of rotatable bonds is 5. The maximum Gasteiger partial charge on any atom is 0.107 e. The molecule has 0 aliphatic carbocycles. The summed E-state index contributed by atoms with van der Waals surface area (Å²) in [6.45, 7) is 11.6. The van der Waals surface area contributed by atoms with Crippen molar-refractivity contribution in [2.24, 2.45) is 0 Å². The highest BCUT2D eigenvalue weighted by molar-refractivity contribution is 7.09. The average molecular weight is 261 g/mol. The van der Waals surface area contributed by atoms with Crippen LogP contribution in [0.1, 0.15) is 38.4 Å². The van der Waals surface area contributed by atoms with E-state index in [9.17, 15) is 0 Å². The molecular weight excluding hydrogens is 240 g/mol. The van der Waals surface area contributed by atoms with Crippen LogP contribution in [0.2, 0.25) is 0 Å². The van der Waals surface area contributed by atoms with Crippen LogP contribution in [0, 0.1) is 0 Å². The van der Waals surface area contributed by atoms with Gasteiger partial charge in [0, 0.05) is 23.2 Å². The molecule has 0 atom stereocenters. The molecule has 4 heteroatoms. The number of hydrogen-bond donors (Lipinski definition) is 0. The third kappa shape index (κ3) is 4.04. The summed E-state index contributed by atoms with van der Waals surface area (Å²) in [4.78, 5) is 7.00. The molecule has 92 valence electrons. The van der Waals surface area contributed by atoms with Gasteiger partial charge in [0.05, 0.1) is 12.2 Å². The summed E-state index contributed by atoms with van der Waals surface area (Å²) in [6.07, 6.45) is 0. The number of hydrogen-bond acceptors (Lipinski definition) is 3. The van der Waals surface area contributed by atoms with Crippen LogP contribution in [-0.2, 0) is 12.0 Å². The van der Waals surface area contributed by atoms with E-state index >= 15 is 0 Å². The maximum atomic E-state index is 5.76. The van der Waals surface area contributed by atoms with E-state index < -0.39 is 0 Å². The van der Waals surface area contributed by atoms with Crippen molar-refractivity contribution in [2.45, 2.75) is 39.7 Å². The molecule has 1 heterocycles. The third-order valence-electron chi connectivity index (χ3n) is 2.53. The molecule has 0 aromatic carbocycles. The fourth-order valence-electron chi connectivity index (χ4n) is 1.39. The van der Waals surface area contributed by atoms with Crippen molar-refractivity contribution in [2.75, 3.05) is 19.0 Å². The zero-order chi connectivity index (χ0) is 12.2. The molecule has 1 rings (SSSR count). The first-order chi connectivity index (χ1) is 7.47. The van der Waals surface area contributed by atoms with Crippen molar-refractivity contribution in [1.29, 1.82) is 0 Å². The van der Waals surface area contributed by atoms with Gasteiger partial charge in [0.25, 0.3) is 0 Å². The highest BCUT2D eigenvalue weighted by atomic mass is 35.5. The first-order valence-electron chi connectivity index (χ1n) is 5.70. The topological polar surface area (TPSA) is 16.1 Å². The second kappa shape index (κ2) is 5.99. The van der Waals surface area contributed by atoms with Gasteiger partial charge < -0.3 is 0 Å². The zero-order valence-electron chi connectivity index (χ0n) is 10.6.